The van der Waals surface area contributed by atoms with E-state index in [1.54, 1.807) is 6.92 Å². The molecule has 0 saturated carbocycles. The maximum absolute atomic E-state index is 9.29. The van der Waals surface area contributed by atoms with E-state index in [1.807, 2.05) is 19.1 Å². The van der Waals surface area contributed by atoms with Gasteiger partial charge in [-0.3, -0.25) is 0 Å². The van der Waals surface area contributed by atoms with E-state index in [2.05, 4.69) is 57.2 Å². The number of aliphatic hydroxyl groups is 1. The molecule has 0 spiro atoms. The van der Waals surface area contributed by atoms with Gasteiger partial charge >= 0.3 is 0 Å². The average molecular weight is 367 g/mol. The first-order chi connectivity index (χ1) is 12.8. The Hall–Kier alpha value is -2.10. The van der Waals surface area contributed by atoms with Gasteiger partial charge in [-0.05, 0) is 69.0 Å². The quantitative estimate of drug-likeness (QED) is 0.752. The molecule has 1 aliphatic rings. The molecule has 3 rings (SSSR count). The molecule has 0 bridgehead atoms. The van der Waals surface area contributed by atoms with E-state index in [0.717, 1.165) is 5.75 Å². The number of hydrogen-bond donors (Lipinski definition) is 1. The molecule has 1 aliphatic carbocycles. The van der Waals surface area contributed by atoms with Crippen LogP contribution in [-0.2, 0) is 10.2 Å². The molecule has 2 aromatic rings. The lowest BCUT2D eigenvalue weighted by Gasteiger charge is -2.29. The zero-order chi connectivity index (χ0) is 19.6. The lowest BCUT2D eigenvalue weighted by molar-refractivity contribution is -0.0132. The highest BCUT2D eigenvalue weighted by atomic mass is 16.5. The summed E-state index contributed by atoms with van der Waals surface area (Å²) in [4.78, 5) is 0. The second kappa shape index (κ2) is 7.87. The highest BCUT2D eigenvalue weighted by Gasteiger charge is 2.38. The molecule has 0 fully saturated rings. The van der Waals surface area contributed by atoms with Crippen LogP contribution in [0.15, 0.2) is 54.1 Å². The maximum atomic E-state index is 9.29. The zero-order valence-electron chi connectivity index (χ0n) is 17.0. The minimum absolute atomic E-state index is 0.0636. The lowest BCUT2D eigenvalue weighted by atomic mass is 9.74. The van der Waals surface area contributed by atoms with Gasteiger partial charge in [0.25, 0.3) is 0 Å². The number of fused-ring (bicyclic) bond motifs is 1. The third kappa shape index (κ3) is 3.80. The fourth-order valence-electron chi connectivity index (χ4n) is 3.85. The number of hydrogen-bond acceptors (Lipinski definition) is 3. The molecule has 3 nitrogen and oxygen atoms in total. The molecule has 0 aliphatic heterocycles. The van der Waals surface area contributed by atoms with Crippen LogP contribution in [0.2, 0.25) is 0 Å². The van der Waals surface area contributed by atoms with Crippen molar-refractivity contribution in [2.75, 3.05) is 13.2 Å². The van der Waals surface area contributed by atoms with E-state index in [1.165, 1.54) is 27.8 Å². The Morgan fingerprint density at radius 1 is 0.963 bits per heavy atom. The molecule has 0 aromatic heterocycles. The van der Waals surface area contributed by atoms with Gasteiger partial charge < -0.3 is 14.6 Å². The molecule has 3 atom stereocenters. The molecule has 0 heterocycles. The molecule has 0 radical (unpaired) electrons. The van der Waals surface area contributed by atoms with Gasteiger partial charge in [-0.15, -0.1) is 0 Å². The number of aliphatic hydroxyl groups excluding tert-OH is 1. The van der Waals surface area contributed by atoms with E-state index in [9.17, 15) is 5.11 Å². The first kappa shape index (κ1) is 19.7. The van der Waals surface area contributed by atoms with Crippen molar-refractivity contribution in [3.63, 3.8) is 0 Å². The molecule has 27 heavy (non-hydrogen) atoms. The van der Waals surface area contributed by atoms with Gasteiger partial charge in [-0.1, -0.05) is 42.0 Å². The predicted octanol–water partition coefficient (Wildman–Crippen LogP) is 4.96. The monoisotopic (exact) mass is 366 g/mol. The highest BCUT2D eigenvalue weighted by Crippen LogP contribution is 2.49. The highest BCUT2D eigenvalue weighted by molar-refractivity contribution is 5.80. The van der Waals surface area contributed by atoms with Gasteiger partial charge in [-0.25, -0.2) is 0 Å². The summed E-state index contributed by atoms with van der Waals surface area (Å²) < 4.78 is 11.4. The summed E-state index contributed by atoms with van der Waals surface area (Å²) in [6.45, 7) is 11.2. The van der Waals surface area contributed by atoms with Gasteiger partial charge in [0, 0.05) is 5.41 Å². The van der Waals surface area contributed by atoms with Crippen molar-refractivity contribution in [1.29, 1.82) is 0 Å². The lowest BCUT2D eigenvalue weighted by Crippen LogP contribution is -2.23. The minimum atomic E-state index is -0.457. The van der Waals surface area contributed by atoms with Crippen LogP contribution in [0.3, 0.4) is 0 Å². The largest absolute Gasteiger partial charge is 0.491 e. The molecule has 1 N–H and O–H groups in total. The van der Waals surface area contributed by atoms with E-state index in [4.69, 9.17) is 9.47 Å². The third-order valence-corrected chi connectivity index (χ3v) is 5.72. The molecule has 2 aromatic carbocycles. The van der Waals surface area contributed by atoms with Crippen molar-refractivity contribution in [3.05, 3.63) is 70.8 Å². The van der Waals surface area contributed by atoms with E-state index >= 15 is 0 Å². The Labute approximate surface area is 162 Å². The fraction of sp³-hybridized carbons (Fsp3) is 0.417. The summed E-state index contributed by atoms with van der Waals surface area (Å²) >= 11 is 0. The van der Waals surface area contributed by atoms with Crippen molar-refractivity contribution in [3.8, 4) is 5.75 Å². The van der Waals surface area contributed by atoms with E-state index in [-0.39, 0.29) is 11.5 Å². The van der Waals surface area contributed by atoms with Crippen LogP contribution in [0, 0.1) is 0 Å². The number of ether oxygens (including phenoxy) is 2. The van der Waals surface area contributed by atoms with Crippen LogP contribution in [-0.4, -0.2) is 30.5 Å². The van der Waals surface area contributed by atoms with E-state index in [0.29, 0.717) is 13.2 Å². The number of benzene rings is 2. The Bertz CT molecular complexity index is 820. The van der Waals surface area contributed by atoms with Crippen molar-refractivity contribution < 1.29 is 14.6 Å². The summed E-state index contributed by atoms with van der Waals surface area (Å²) in [5, 5.41) is 9.29. The molecular weight excluding hydrogens is 336 g/mol. The minimum Gasteiger partial charge on any atom is -0.491 e. The first-order valence-corrected chi connectivity index (χ1v) is 9.65. The van der Waals surface area contributed by atoms with Gasteiger partial charge in [0.05, 0.1) is 18.8 Å². The molecule has 0 amide bonds. The van der Waals surface area contributed by atoms with Crippen LogP contribution < -0.4 is 4.74 Å². The Balaban J connectivity index is 1.74. The summed E-state index contributed by atoms with van der Waals surface area (Å²) in [7, 11) is 0. The van der Waals surface area contributed by atoms with Crippen LogP contribution in [0.25, 0.3) is 5.57 Å². The van der Waals surface area contributed by atoms with Crippen molar-refractivity contribution >= 4 is 5.57 Å². The number of allylic oxidation sites excluding steroid dienone is 2. The Morgan fingerprint density at radius 2 is 1.63 bits per heavy atom. The van der Waals surface area contributed by atoms with Gasteiger partial charge in [0.2, 0.25) is 0 Å². The zero-order valence-corrected chi connectivity index (χ0v) is 17.0. The molecule has 0 saturated heterocycles. The topological polar surface area (TPSA) is 38.7 Å². The molecule has 3 heteroatoms. The smallest absolute Gasteiger partial charge is 0.119 e. The Morgan fingerprint density at radius 3 is 2.30 bits per heavy atom. The molecular formula is C24H30O3. The van der Waals surface area contributed by atoms with Crippen molar-refractivity contribution in [2.24, 2.45) is 0 Å². The molecule has 3 unspecified atom stereocenters. The van der Waals surface area contributed by atoms with Crippen LogP contribution in [0.5, 0.6) is 5.75 Å². The van der Waals surface area contributed by atoms with Gasteiger partial charge in [-0.2, -0.15) is 0 Å². The Kier molecular flexibility index (Phi) is 5.73. The number of rotatable bonds is 7. The maximum Gasteiger partial charge on any atom is 0.119 e. The van der Waals surface area contributed by atoms with Gasteiger partial charge in [0.15, 0.2) is 0 Å². The summed E-state index contributed by atoms with van der Waals surface area (Å²) in [5.41, 5.74) is 6.66. The summed E-state index contributed by atoms with van der Waals surface area (Å²) in [5.74, 6) is 0.833. The SMILES string of the molecule is CC1=C(C)C(C)(c2ccc(OCC(C)OCC(C)O)cc2)c2ccccc21. The average Bonchev–Trinajstić information content (AvgIpc) is 2.88. The standard InChI is InChI=1S/C24H30O3/c1-16(25)14-26-17(2)15-27-21-12-10-20(11-13-21)24(5)19(4)18(3)22-8-6-7-9-23(22)24/h6-13,16-17,25H,14-15H2,1-5H3. The predicted molar refractivity (Wildman–Crippen MR) is 110 cm³/mol. The van der Waals surface area contributed by atoms with Crippen molar-refractivity contribution in [2.45, 2.75) is 52.2 Å². The van der Waals surface area contributed by atoms with Crippen LogP contribution in [0.4, 0.5) is 0 Å². The summed E-state index contributed by atoms with van der Waals surface area (Å²) in [6.07, 6.45) is -0.521. The molecule has 144 valence electrons. The second-order valence-corrected chi connectivity index (χ2v) is 7.75. The van der Waals surface area contributed by atoms with Crippen LogP contribution >= 0.6 is 0 Å². The summed E-state index contributed by atoms with van der Waals surface area (Å²) in [6, 6.07) is 17.1. The van der Waals surface area contributed by atoms with E-state index < -0.39 is 6.10 Å². The van der Waals surface area contributed by atoms with Crippen LogP contribution in [0.1, 0.15) is 51.3 Å². The third-order valence-electron chi connectivity index (χ3n) is 5.72. The second-order valence-electron chi connectivity index (χ2n) is 7.75. The van der Waals surface area contributed by atoms with Crippen molar-refractivity contribution in [1.82, 2.24) is 0 Å². The normalized spacial score (nSPS) is 21.1. The fourth-order valence-corrected chi connectivity index (χ4v) is 3.85. The first-order valence-electron chi connectivity index (χ1n) is 9.65. The van der Waals surface area contributed by atoms with Gasteiger partial charge in [0.1, 0.15) is 12.4 Å².